The Morgan fingerprint density at radius 3 is 2.81 bits per heavy atom. The van der Waals surface area contributed by atoms with Crippen LogP contribution in [0.3, 0.4) is 0 Å². The molecule has 8 heteroatoms. The van der Waals surface area contributed by atoms with Crippen LogP contribution in [0, 0.1) is 11.3 Å². The molecular weight excluding hydrogens is 447 g/mol. The van der Waals surface area contributed by atoms with Crippen molar-refractivity contribution in [3.8, 4) is 28.8 Å². The highest BCUT2D eigenvalue weighted by Crippen LogP contribution is 2.40. The molecule has 0 aliphatic carbocycles. The van der Waals surface area contributed by atoms with E-state index in [4.69, 9.17) is 33.7 Å². The number of nitrogen functional groups attached to an aromatic ring is 1. The normalized spacial score (nSPS) is 15.8. The first-order chi connectivity index (χ1) is 15.5. The van der Waals surface area contributed by atoms with E-state index in [9.17, 15) is 10.4 Å². The first kappa shape index (κ1) is 22.2. The summed E-state index contributed by atoms with van der Waals surface area (Å²) in [5, 5.41) is 24.7. The number of anilines is 1. The summed E-state index contributed by atoms with van der Waals surface area (Å²) in [7, 11) is 0. The van der Waals surface area contributed by atoms with Crippen LogP contribution in [-0.4, -0.2) is 23.2 Å². The molecule has 0 bridgehead atoms. The smallest absolute Gasteiger partial charge is 0.142 e. The molecule has 2 aromatic carbocycles. The zero-order chi connectivity index (χ0) is 22.7. The SMILES string of the molecule is N#Cc1c(C2CCCNC2)cc(-c2c(O)cccc2OCc2ccc(Cl)cc2Cl)nc1N. The quantitative estimate of drug-likeness (QED) is 0.471. The number of phenols is 1. The number of ether oxygens (including phenoxy) is 1. The molecule has 32 heavy (non-hydrogen) atoms. The standard InChI is InChI=1S/C24H22Cl2N4O2/c25-16-7-6-15(19(26)9-16)13-32-22-5-1-4-21(31)23(22)20-10-17(14-3-2-8-29-12-14)18(11-27)24(28)30-20/h1,4-7,9-10,14,29,31H,2-3,8,12-13H2,(H2,28,30). The molecule has 0 saturated carbocycles. The predicted octanol–water partition coefficient (Wildman–Crippen LogP) is 5.26. The molecule has 4 rings (SSSR count). The molecular formula is C24H22Cl2N4O2. The van der Waals surface area contributed by atoms with Gasteiger partial charge in [-0.15, -0.1) is 0 Å². The zero-order valence-electron chi connectivity index (χ0n) is 17.2. The van der Waals surface area contributed by atoms with Crippen LogP contribution in [0.5, 0.6) is 11.5 Å². The number of nitriles is 1. The summed E-state index contributed by atoms with van der Waals surface area (Å²) in [6.07, 6.45) is 1.96. The second-order valence-corrected chi connectivity index (χ2v) is 8.53. The highest BCUT2D eigenvalue weighted by Gasteiger charge is 2.24. The van der Waals surface area contributed by atoms with Gasteiger partial charge in [-0.3, -0.25) is 0 Å². The Balaban J connectivity index is 1.73. The van der Waals surface area contributed by atoms with Gasteiger partial charge in [-0.25, -0.2) is 4.98 Å². The minimum Gasteiger partial charge on any atom is -0.507 e. The Morgan fingerprint density at radius 2 is 2.09 bits per heavy atom. The number of hydrogen-bond acceptors (Lipinski definition) is 6. The number of benzene rings is 2. The van der Waals surface area contributed by atoms with Crippen molar-refractivity contribution in [1.29, 1.82) is 5.26 Å². The van der Waals surface area contributed by atoms with Crippen molar-refractivity contribution in [3.63, 3.8) is 0 Å². The number of nitrogens with zero attached hydrogens (tertiary/aromatic N) is 2. The number of halogens is 2. The Bertz CT molecular complexity index is 1190. The van der Waals surface area contributed by atoms with Crippen molar-refractivity contribution in [1.82, 2.24) is 10.3 Å². The molecule has 0 radical (unpaired) electrons. The van der Waals surface area contributed by atoms with Gasteiger partial charge in [-0.2, -0.15) is 5.26 Å². The van der Waals surface area contributed by atoms with Crippen LogP contribution in [0.2, 0.25) is 10.0 Å². The summed E-state index contributed by atoms with van der Waals surface area (Å²) in [6.45, 7) is 1.89. The van der Waals surface area contributed by atoms with E-state index >= 15 is 0 Å². The van der Waals surface area contributed by atoms with E-state index in [1.807, 2.05) is 6.07 Å². The molecule has 1 aromatic heterocycles. The van der Waals surface area contributed by atoms with Gasteiger partial charge < -0.3 is 20.9 Å². The minimum absolute atomic E-state index is 0.00836. The number of hydrogen-bond donors (Lipinski definition) is 3. The fourth-order valence-corrected chi connectivity index (χ4v) is 4.43. The maximum Gasteiger partial charge on any atom is 0.142 e. The van der Waals surface area contributed by atoms with Crippen LogP contribution in [0.1, 0.15) is 35.4 Å². The van der Waals surface area contributed by atoms with E-state index in [0.29, 0.717) is 32.6 Å². The lowest BCUT2D eigenvalue weighted by atomic mass is 9.88. The number of nitrogens with two attached hydrogens (primary N) is 1. The van der Waals surface area contributed by atoms with Crippen molar-refractivity contribution in [2.75, 3.05) is 18.8 Å². The van der Waals surface area contributed by atoms with Crippen molar-refractivity contribution < 1.29 is 9.84 Å². The molecule has 0 spiro atoms. The topological polar surface area (TPSA) is 104 Å². The van der Waals surface area contributed by atoms with E-state index < -0.39 is 0 Å². The van der Waals surface area contributed by atoms with Crippen LogP contribution >= 0.6 is 23.2 Å². The lowest BCUT2D eigenvalue weighted by molar-refractivity contribution is 0.306. The molecule has 4 N–H and O–H groups in total. The first-order valence-electron chi connectivity index (χ1n) is 10.3. The van der Waals surface area contributed by atoms with Gasteiger partial charge in [0.2, 0.25) is 0 Å². The Hall–Kier alpha value is -2.98. The van der Waals surface area contributed by atoms with Gasteiger partial charge in [0, 0.05) is 22.2 Å². The molecule has 3 aromatic rings. The van der Waals surface area contributed by atoms with Crippen molar-refractivity contribution in [3.05, 3.63) is 69.2 Å². The Kier molecular flexibility index (Phi) is 6.71. The summed E-state index contributed by atoms with van der Waals surface area (Å²) < 4.78 is 6.02. The Morgan fingerprint density at radius 1 is 1.25 bits per heavy atom. The number of pyridine rings is 1. The number of aromatic hydroxyl groups is 1. The fraction of sp³-hybridized carbons (Fsp3) is 0.250. The number of piperidine rings is 1. The molecule has 1 aliphatic rings. The lowest BCUT2D eigenvalue weighted by Gasteiger charge is -2.25. The maximum atomic E-state index is 10.7. The summed E-state index contributed by atoms with van der Waals surface area (Å²) in [6, 6.07) is 14.2. The third kappa shape index (κ3) is 4.61. The molecule has 0 amide bonds. The highest BCUT2D eigenvalue weighted by molar-refractivity contribution is 6.35. The number of phenolic OH excluding ortho intramolecular Hbond substituents is 1. The number of aromatic nitrogens is 1. The van der Waals surface area contributed by atoms with Crippen LogP contribution in [0.15, 0.2) is 42.5 Å². The van der Waals surface area contributed by atoms with E-state index in [-0.39, 0.29) is 24.1 Å². The molecule has 1 atom stereocenters. The minimum atomic E-state index is 0.00836. The molecule has 2 heterocycles. The van der Waals surface area contributed by atoms with E-state index in [0.717, 1.165) is 37.1 Å². The number of rotatable bonds is 5. The largest absolute Gasteiger partial charge is 0.507 e. The molecule has 164 valence electrons. The zero-order valence-corrected chi connectivity index (χ0v) is 18.7. The summed E-state index contributed by atoms with van der Waals surface area (Å²) in [5.74, 6) is 0.723. The summed E-state index contributed by atoms with van der Waals surface area (Å²) in [5.41, 5.74) is 9.01. The third-order valence-corrected chi connectivity index (χ3v) is 6.17. The van der Waals surface area contributed by atoms with Gasteiger partial charge in [0.05, 0.1) is 16.8 Å². The van der Waals surface area contributed by atoms with Crippen molar-refractivity contribution in [2.45, 2.75) is 25.4 Å². The van der Waals surface area contributed by atoms with E-state index in [1.165, 1.54) is 0 Å². The third-order valence-electron chi connectivity index (χ3n) is 5.59. The van der Waals surface area contributed by atoms with E-state index in [2.05, 4.69) is 16.4 Å². The van der Waals surface area contributed by atoms with Crippen molar-refractivity contribution >= 4 is 29.0 Å². The maximum absolute atomic E-state index is 10.7. The van der Waals surface area contributed by atoms with Gasteiger partial charge in [0.15, 0.2) is 0 Å². The van der Waals surface area contributed by atoms with Crippen LogP contribution in [0.25, 0.3) is 11.3 Å². The molecule has 1 saturated heterocycles. The van der Waals surface area contributed by atoms with Crippen molar-refractivity contribution in [2.24, 2.45) is 0 Å². The van der Waals surface area contributed by atoms with Gasteiger partial charge >= 0.3 is 0 Å². The fourth-order valence-electron chi connectivity index (χ4n) is 3.97. The number of nitrogens with one attached hydrogen (secondary N) is 1. The van der Waals surface area contributed by atoms with Crippen LogP contribution < -0.4 is 15.8 Å². The average Bonchev–Trinajstić information content (AvgIpc) is 2.78. The highest BCUT2D eigenvalue weighted by atomic mass is 35.5. The van der Waals surface area contributed by atoms with Gasteiger partial charge in [-0.05, 0) is 61.2 Å². The van der Waals surface area contributed by atoms with Crippen LogP contribution in [0.4, 0.5) is 5.82 Å². The monoisotopic (exact) mass is 468 g/mol. The summed E-state index contributed by atoms with van der Waals surface area (Å²) in [4.78, 5) is 4.43. The van der Waals surface area contributed by atoms with Crippen LogP contribution in [-0.2, 0) is 6.61 Å². The second-order valence-electron chi connectivity index (χ2n) is 7.69. The van der Waals surface area contributed by atoms with Gasteiger partial charge in [0.1, 0.15) is 30.0 Å². The molecule has 1 fully saturated rings. The molecule has 6 nitrogen and oxygen atoms in total. The van der Waals surface area contributed by atoms with Gasteiger partial charge in [0.25, 0.3) is 0 Å². The first-order valence-corrected chi connectivity index (χ1v) is 11.0. The second kappa shape index (κ2) is 9.66. The average molecular weight is 469 g/mol. The van der Waals surface area contributed by atoms with E-state index in [1.54, 1.807) is 36.4 Å². The Labute approximate surface area is 196 Å². The summed E-state index contributed by atoms with van der Waals surface area (Å²) >= 11 is 12.2. The van der Waals surface area contributed by atoms with Gasteiger partial charge in [-0.1, -0.05) is 35.3 Å². The predicted molar refractivity (Wildman–Crippen MR) is 126 cm³/mol. The lowest BCUT2D eigenvalue weighted by Crippen LogP contribution is -2.29. The molecule has 1 aliphatic heterocycles. The molecule has 1 unspecified atom stereocenters.